The topological polar surface area (TPSA) is 42.9 Å². The summed E-state index contributed by atoms with van der Waals surface area (Å²) >= 11 is 0. The molecule has 26 heavy (non-hydrogen) atoms. The van der Waals surface area contributed by atoms with E-state index < -0.39 is 0 Å². The van der Waals surface area contributed by atoms with Crippen LogP contribution >= 0.6 is 0 Å². The molecule has 0 atom stereocenters. The number of likely N-dealkylation sites (tertiary alicyclic amines) is 1. The molecule has 0 saturated carbocycles. The first-order valence-electron chi connectivity index (χ1n) is 10.2. The van der Waals surface area contributed by atoms with E-state index in [1.807, 2.05) is 7.05 Å². The molecule has 1 heterocycles. The minimum atomic E-state index is 0.520. The molecular weight excluding hydrogens is 322 g/mol. The summed E-state index contributed by atoms with van der Waals surface area (Å²) in [4.78, 5) is 9.42. The third-order valence-corrected chi connectivity index (χ3v) is 5.11. The van der Waals surface area contributed by atoms with E-state index in [0.717, 1.165) is 45.2 Å². The number of piperidine rings is 1. The number of likely N-dealkylation sites (N-methyl/N-ethyl adjacent to an activating group) is 1. The molecule has 5 nitrogen and oxygen atoms in total. The van der Waals surface area contributed by atoms with Crippen LogP contribution in [0, 0.1) is 0 Å². The van der Waals surface area contributed by atoms with Crippen LogP contribution in [0.4, 0.5) is 0 Å². The number of benzene rings is 1. The zero-order valence-electron chi connectivity index (χ0n) is 16.9. The Morgan fingerprint density at radius 2 is 1.88 bits per heavy atom. The summed E-state index contributed by atoms with van der Waals surface area (Å²) in [5.41, 5.74) is 1.41. The zero-order valence-corrected chi connectivity index (χ0v) is 16.9. The maximum Gasteiger partial charge on any atom is 0.191 e. The molecule has 2 N–H and O–H groups in total. The van der Waals surface area contributed by atoms with Crippen LogP contribution in [0.5, 0.6) is 0 Å². The fourth-order valence-corrected chi connectivity index (χ4v) is 3.54. The van der Waals surface area contributed by atoms with E-state index in [-0.39, 0.29) is 0 Å². The second-order valence-electron chi connectivity index (χ2n) is 7.11. The van der Waals surface area contributed by atoms with Gasteiger partial charge in [0, 0.05) is 45.8 Å². The minimum Gasteiger partial charge on any atom is -0.355 e. The van der Waals surface area contributed by atoms with Crippen LogP contribution in [0.2, 0.25) is 0 Å². The van der Waals surface area contributed by atoms with Crippen LogP contribution in [-0.2, 0) is 6.54 Å². The fraction of sp³-hybridized carbons (Fsp3) is 0.667. The van der Waals surface area contributed by atoms with Crippen molar-refractivity contribution in [3.63, 3.8) is 0 Å². The Morgan fingerprint density at radius 3 is 2.50 bits per heavy atom. The summed E-state index contributed by atoms with van der Waals surface area (Å²) in [6.07, 6.45) is 3.55. The monoisotopic (exact) mass is 359 g/mol. The Balaban J connectivity index is 1.66. The molecule has 146 valence electrons. The lowest BCUT2D eigenvalue weighted by Gasteiger charge is -2.33. The number of guanidine groups is 1. The molecule has 0 aromatic heterocycles. The average molecular weight is 360 g/mol. The molecule has 5 heteroatoms. The van der Waals surface area contributed by atoms with Gasteiger partial charge in [0.2, 0.25) is 0 Å². The predicted molar refractivity (Wildman–Crippen MR) is 112 cm³/mol. The van der Waals surface area contributed by atoms with Gasteiger partial charge in [-0.15, -0.1) is 0 Å². The number of rotatable bonds is 9. The quantitative estimate of drug-likeness (QED) is 0.525. The van der Waals surface area contributed by atoms with Gasteiger partial charge in [-0.3, -0.25) is 9.89 Å². The van der Waals surface area contributed by atoms with E-state index in [0.29, 0.717) is 6.04 Å². The van der Waals surface area contributed by atoms with Crippen LogP contribution in [-0.4, -0.2) is 68.1 Å². The van der Waals surface area contributed by atoms with Crippen molar-refractivity contribution in [2.45, 2.75) is 45.7 Å². The summed E-state index contributed by atoms with van der Waals surface area (Å²) in [6.45, 7) is 12.1. The van der Waals surface area contributed by atoms with Gasteiger partial charge in [-0.1, -0.05) is 44.2 Å². The van der Waals surface area contributed by atoms with Gasteiger partial charge in [0.1, 0.15) is 0 Å². The number of hydrogen-bond donors (Lipinski definition) is 2. The third-order valence-electron chi connectivity index (χ3n) is 5.11. The molecule has 1 aliphatic rings. The van der Waals surface area contributed by atoms with Crippen molar-refractivity contribution in [3.05, 3.63) is 35.9 Å². The van der Waals surface area contributed by atoms with Gasteiger partial charge in [-0.25, -0.2) is 0 Å². The largest absolute Gasteiger partial charge is 0.355 e. The standard InChI is InChI=1S/C21H37N5/c1-4-14-25(5-2)17-13-23-21(22-3)24-20-11-15-26(16-12-20)18-19-9-7-6-8-10-19/h6-10,20H,4-5,11-18H2,1-3H3,(H2,22,23,24). The number of hydrogen-bond acceptors (Lipinski definition) is 3. The lowest BCUT2D eigenvalue weighted by atomic mass is 10.0. The lowest BCUT2D eigenvalue weighted by molar-refractivity contribution is 0.198. The SMILES string of the molecule is CCCN(CC)CCNC(=NC)NC1CCN(Cc2ccccc2)CC1. The number of aliphatic imine (C=N–C) groups is 1. The average Bonchev–Trinajstić information content (AvgIpc) is 2.68. The van der Waals surface area contributed by atoms with Crippen molar-refractivity contribution in [2.75, 3.05) is 46.3 Å². The smallest absolute Gasteiger partial charge is 0.191 e. The Bertz CT molecular complexity index is 508. The van der Waals surface area contributed by atoms with Crippen LogP contribution in [0.1, 0.15) is 38.7 Å². The van der Waals surface area contributed by atoms with E-state index in [9.17, 15) is 0 Å². The molecular formula is C21H37N5. The molecule has 0 amide bonds. The zero-order chi connectivity index (χ0) is 18.6. The maximum absolute atomic E-state index is 4.40. The van der Waals surface area contributed by atoms with Gasteiger partial charge in [0.15, 0.2) is 5.96 Å². The first kappa shape index (κ1) is 20.7. The summed E-state index contributed by atoms with van der Waals surface area (Å²) < 4.78 is 0. The third kappa shape index (κ3) is 7.34. The van der Waals surface area contributed by atoms with Gasteiger partial charge in [0.25, 0.3) is 0 Å². The van der Waals surface area contributed by atoms with E-state index in [1.54, 1.807) is 0 Å². The molecule has 1 fully saturated rings. The van der Waals surface area contributed by atoms with Crippen LogP contribution in [0.25, 0.3) is 0 Å². The van der Waals surface area contributed by atoms with Gasteiger partial charge in [-0.2, -0.15) is 0 Å². The highest BCUT2D eigenvalue weighted by molar-refractivity contribution is 5.79. The summed E-state index contributed by atoms with van der Waals surface area (Å²) in [7, 11) is 1.86. The second kappa shape index (κ2) is 11.9. The van der Waals surface area contributed by atoms with Gasteiger partial charge in [-0.05, 0) is 37.9 Å². The van der Waals surface area contributed by atoms with Crippen molar-refractivity contribution in [1.82, 2.24) is 20.4 Å². The molecule has 0 spiro atoms. The van der Waals surface area contributed by atoms with Crippen LogP contribution in [0.3, 0.4) is 0 Å². The highest BCUT2D eigenvalue weighted by Gasteiger charge is 2.20. The molecule has 0 aliphatic carbocycles. The molecule has 1 aromatic rings. The Morgan fingerprint density at radius 1 is 1.15 bits per heavy atom. The summed E-state index contributed by atoms with van der Waals surface area (Å²) in [5.74, 6) is 0.944. The van der Waals surface area contributed by atoms with Crippen molar-refractivity contribution >= 4 is 5.96 Å². The van der Waals surface area contributed by atoms with E-state index >= 15 is 0 Å². The normalized spacial score (nSPS) is 16.8. The Kier molecular flexibility index (Phi) is 9.50. The fourth-order valence-electron chi connectivity index (χ4n) is 3.54. The first-order valence-corrected chi connectivity index (χ1v) is 10.2. The molecule has 0 radical (unpaired) electrons. The highest BCUT2D eigenvalue weighted by atomic mass is 15.2. The second-order valence-corrected chi connectivity index (χ2v) is 7.11. The van der Waals surface area contributed by atoms with Crippen LogP contribution in [0.15, 0.2) is 35.3 Å². The van der Waals surface area contributed by atoms with E-state index in [1.165, 1.54) is 31.4 Å². The van der Waals surface area contributed by atoms with Crippen molar-refractivity contribution in [2.24, 2.45) is 4.99 Å². The van der Waals surface area contributed by atoms with E-state index in [4.69, 9.17) is 0 Å². The summed E-state index contributed by atoms with van der Waals surface area (Å²) in [5, 5.41) is 7.08. The number of nitrogens with one attached hydrogen (secondary N) is 2. The minimum absolute atomic E-state index is 0.520. The van der Waals surface area contributed by atoms with Crippen molar-refractivity contribution < 1.29 is 0 Å². The molecule has 0 unspecified atom stereocenters. The molecule has 1 saturated heterocycles. The Labute approximate surface area is 159 Å². The van der Waals surface area contributed by atoms with Gasteiger partial charge in [0.05, 0.1) is 0 Å². The maximum atomic E-state index is 4.40. The number of nitrogens with zero attached hydrogens (tertiary/aromatic N) is 3. The molecule has 1 aliphatic heterocycles. The summed E-state index contributed by atoms with van der Waals surface area (Å²) in [6, 6.07) is 11.3. The molecule has 0 bridgehead atoms. The van der Waals surface area contributed by atoms with Crippen molar-refractivity contribution in [1.29, 1.82) is 0 Å². The van der Waals surface area contributed by atoms with Gasteiger partial charge >= 0.3 is 0 Å². The Hall–Kier alpha value is -1.59. The van der Waals surface area contributed by atoms with E-state index in [2.05, 4.69) is 69.6 Å². The predicted octanol–water partition coefficient (Wildman–Crippen LogP) is 2.55. The van der Waals surface area contributed by atoms with Gasteiger partial charge < -0.3 is 15.5 Å². The lowest BCUT2D eigenvalue weighted by Crippen LogP contribution is -2.49. The first-order chi connectivity index (χ1) is 12.7. The molecule has 2 rings (SSSR count). The van der Waals surface area contributed by atoms with Crippen molar-refractivity contribution in [3.8, 4) is 0 Å². The molecule has 1 aromatic carbocycles. The van der Waals surface area contributed by atoms with Crippen LogP contribution < -0.4 is 10.6 Å². The highest BCUT2D eigenvalue weighted by Crippen LogP contribution is 2.13.